The standard InChI is InChI=1S/C16H18N2O3/c1-16(2,3)11-7-5-6-8-13(11)21-14-10-17-12(9-18-14)15(19)20-4/h5-10H,1-4H3. The quantitative estimate of drug-likeness (QED) is 0.810. The first-order valence-electron chi connectivity index (χ1n) is 6.59. The van der Waals surface area contributed by atoms with Crippen molar-refractivity contribution in [2.45, 2.75) is 26.2 Å². The van der Waals surface area contributed by atoms with Crippen LogP contribution in [0.4, 0.5) is 0 Å². The largest absolute Gasteiger partial charge is 0.464 e. The highest BCUT2D eigenvalue weighted by molar-refractivity contribution is 5.86. The number of nitrogens with zero attached hydrogens (tertiary/aromatic N) is 2. The molecule has 0 atom stereocenters. The van der Waals surface area contributed by atoms with Crippen molar-refractivity contribution in [2.75, 3.05) is 7.11 Å². The van der Waals surface area contributed by atoms with Gasteiger partial charge >= 0.3 is 5.97 Å². The summed E-state index contributed by atoms with van der Waals surface area (Å²) in [4.78, 5) is 19.4. The van der Waals surface area contributed by atoms with Gasteiger partial charge in [0.2, 0.25) is 5.88 Å². The van der Waals surface area contributed by atoms with Crippen LogP contribution in [0.15, 0.2) is 36.7 Å². The lowest BCUT2D eigenvalue weighted by Crippen LogP contribution is -2.12. The van der Waals surface area contributed by atoms with E-state index >= 15 is 0 Å². The molecule has 1 aromatic heterocycles. The first-order chi connectivity index (χ1) is 9.91. The fourth-order valence-corrected chi connectivity index (χ4v) is 1.87. The smallest absolute Gasteiger partial charge is 0.358 e. The van der Waals surface area contributed by atoms with Crippen LogP contribution in [0.25, 0.3) is 0 Å². The van der Waals surface area contributed by atoms with Gasteiger partial charge < -0.3 is 9.47 Å². The van der Waals surface area contributed by atoms with Crippen LogP contribution in [-0.2, 0) is 10.2 Å². The third-order valence-corrected chi connectivity index (χ3v) is 2.93. The predicted octanol–water partition coefficient (Wildman–Crippen LogP) is 3.35. The summed E-state index contributed by atoms with van der Waals surface area (Å²) < 4.78 is 10.4. The second-order valence-electron chi connectivity index (χ2n) is 5.58. The number of methoxy groups -OCH3 is 1. The lowest BCUT2D eigenvalue weighted by Gasteiger charge is -2.22. The number of ether oxygens (including phenoxy) is 2. The van der Waals surface area contributed by atoms with Crippen LogP contribution in [0, 0.1) is 0 Å². The van der Waals surface area contributed by atoms with E-state index in [0.29, 0.717) is 5.88 Å². The number of para-hydroxylation sites is 1. The van der Waals surface area contributed by atoms with E-state index in [1.807, 2.05) is 24.3 Å². The van der Waals surface area contributed by atoms with Crippen LogP contribution in [0.3, 0.4) is 0 Å². The first-order valence-corrected chi connectivity index (χ1v) is 6.59. The fraction of sp³-hybridized carbons (Fsp3) is 0.312. The topological polar surface area (TPSA) is 61.3 Å². The molecule has 0 saturated heterocycles. The van der Waals surface area contributed by atoms with Crippen molar-refractivity contribution in [3.8, 4) is 11.6 Å². The number of hydrogen-bond acceptors (Lipinski definition) is 5. The highest BCUT2D eigenvalue weighted by Gasteiger charge is 2.19. The van der Waals surface area contributed by atoms with Crippen LogP contribution < -0.4 is 4.74 Å². The van der Waals surface area contributed by atoms with E-state index in [1.165, 1.54) is 19.5 Å². The second kappa shape index (κ2) is 5.91. The maximum Gasteiger partial charge on any atom is 0.358 e. The fourth-order valence-electron chi connectivity index (χ4n) is 1.87. The molecule has 2 aromatic rings. The number of hydrogen-bond donors (Lipinski definition) is 0. The monoisotopic (exact) mass is 286 g/mol. The Morgan fingerprint density at radius 2 is 1.81 bits per heavy atom. The third kappa shape index (κ3) is 3.56. The molecule has 1 heterocycles. The highest BCUT2D eigenvalue weighted by Crippen LogP contribution is 2.33. The van der Waals surface area contributed by atoms with Gasteiger partial charge in [0.05, 0.1) is 19.5 Å². The second-order valence-corrected chi connectivity index (χ2v) is 5.58. The van der Waals surface area contributed by atoms with Crippen molar-refractivity contribution in [3.63, 3.8) is 0 Å². The van der Waals surface area contributed by atoms with E-state index in [1.54, 1.807) is 0 Å². The van der Waals surface area contributed by atoms with Gasteiger partial charge in [0.15, 0.2) is 5.69 Å². The van der Waals surface area contributed by atoms with Crippen molar-refractivity contribution in [1.29, 1.82) is 0 Å². The molecule has 2 rings (SSSR count). The van der Waals surface area contributed by atoms with E-state index < -0.39 is 5.97 Å². The Morgan fingerprint density at radius 1 is 1.10 bits per heavy atom. The summed E-state index contributed by atoms with van der Waals surface area (Å²) in [6.07, 6.45) is 2.74. The van der Waals surface area contributed by atoms with Gasteiger partial charge in [0.25, 0.3) is 0 Å². The number of benzene rings is 1. The minimum atomic E-state index is -0.524. The molecule has 0 aliphatic heterocycles. The number of esters is 1. The summed E-state index contributed by atoms with van der Waals surface area (Å²) in [7, 11) is 1.30. The summed E-state index contributed by atoms with van der Waals surface area (Å²) in [5, 5.41) is 0. The van der Waals surface area contributed by atoms with Crippen LogP contribution >= 0.6 is 0 Å². The lowest BCUT2D eigenvalue weighted by atomic mass is 9.86. The molecule has 110 valence electrons. The zero-order valence-electron chi connectivity index (χ0n) is 12.6. The molecule has 0 N–H and O–H groups in total. The van der Waals surface area contributed by atoms with Gasteiger partial charge in [-0.25, -0.2) is 14.8 Å². The zero-order chi connectivity index (χ0) is 15.5. The van der Waals surface area contributed by atoms with E-state index in [0.717, 1.165) is 11.3 Å². The third-order valence-electron chi connectivity index (χ3n) is 2.93. The summed E-state index contributed by atoms with van der Waals surface area (Å²) >= 11 is 0. The lowest BCUT2D eigenvalue weighted by molar-refractivity contribution is 0.0593. The summed E-state index contributed by atoms with van der Waals surface area (Å²) in [6.45, 7) is 6.34. The predicted molar refractivity (Wildman–Crippen MR) is 78.6 cm³/mol. The maximum absolute atomic E-state index is 11.3. The van der Waals surface area contributed by atoms with Gasteiger partial charge in [-0.15, -0.1) is 0 Å². The molecule has 0 fully saturated rings. The molecular formula is C16H18N2O3. The van der Waals surface area contributed by atoms with Crippen LogP contribution in [-0.4, -0.2) is 23.0 Å². The Kier molecular flexibility index (Phi) is 4.21. The molecule has 0 spiro atoms. The van der Waals surface area contributed by atoms with Crippen molar-refractivity contribution >= 4 is 5.97 Å². The van der Waals surface area contributed by atoms with Crippen LogP contribution in [0.1, 0.15) is 36.8 Å². The number of aromatic nitrogens is 2. The summed E-state index contributed by atoms with van der Waals surface area (Å²) in [5.74, 6) is 0.536. The number of rotatable bonds is 3. The Labute approximate surface area is 124 Å². The summed E-state index contributed by atoms with van der Waals surface area (Å²) in [5.41, 5.74) is 1.17. The highest BCUT2D eigenvalue weighted by atomic mass is 16.5. The van der Waals surface area contributed by atoms with E-state index in [4.69, 9.17) is 4.74 Å². The van der Waals surface area contributed by atoms with Crippen molar-refractivity contribution in [3.05, 3.63) is 47.9 Å². The Morgan fingerprint density at radius 3 is 2.38 bits per heavy atom. The molecule has 0 aliphatic rings. The molecule has 5 heteroatoms. The van der Waals surface area contributed by atoms with Gasteiger partial charge in [-0.2, -0.15) is 0 Å². The minimum absolute atomic E-state index is 0.0457. The maximum atomic E-state index is 11.3. The van der Waals surface area contributed by atoms with Gasteiger partial charge in [0, 0.05) is 5.56 Å². The van der Waals surface area contributed by atoms with Gasteiger partial charge in [-0.1, -0.05) is 39.0 Å². The molecular weight excluding hydrogens is 268 g/mol. The SMILES string of the molecule is COC(=O)c1cnc(Oc2ccccc2C(C)(C)C)cn1. The van der Waals surface area contributed by atoms with Gasteiger partial charge in [-0.05, 0) is 11.5 Å². The average molecular weight is 286 g/mol. The van der Waals surface area contributed by atoms with E-state index in [9.17, 15) is 4.79 Å². The molecule has 21 heavy (non-hydrogen) atoms. The number of carbonyl (C=O) groups excluding carboxylic acids is 1. The first kappa shape index (κ1) is 15.0. The Bertz CT molecular complexity index is 631. The van der Waals surface area contributed by atoms with Crippen LogP contribution in [0.2, 0.25) is 0 Å². The summed E-state index contributed by atoms with van der Waals surface area (Å²) in [6, 6.07) is 7.78. The van der Waals surface area contributed by atoms with Gasteiger partial charge in [0.1, 0.15) is 5.75 Å². The zero-order valence-corrected chi connectivity index (χ0v) is 12.6. The van der Waals surface area contributed by atoms with Crippen molar-refractivity contribution in [2.24, 2.45) is 0 Å². The molecule has 0 bridgehead atoms. The molecule has 5 nitrogen and oxygen atoms in total. The molecule has 0 unspecified atom stereocenters. The Balaban J connectivity index is 2.25. The molecule has 0 radical (unpaired) electrons. The van der Waals surface area contributed by atoms with E-state index in [-0.39, 0.29) is 11.1 Å². The van der Waals surface area contributed by atoms with Crippen molar-refractivity contribution in [1.82, 2.24) is 9.97 Å². The molecule has 0 aliphatic carbocycles. The Hall–Kier alpha value is -2.43. The normalized spacial score (nSPS) is 11.0. The number of carbonyl (C=O) groups is 1. The average Bonchev–Trinajstić information content (AvgIpc) is 2.47. The molecule has 0 saturated carbocycles. The molecule has 0 amide bonds. The van der Waals surface area contributed by atoms with E-state index in [2.05, 4.69) is 35.5 Å². The van der Waals surface area contributed by atoms with Crippen molar-refractivity contribution < 1.29 is 14.3 Å². The molecule has 1 aromatic carbocycles. The van der Waals surface area contributed by atoms with Crippen LogP contribution in [0.5, 0.6) is 11.6 Å². The minimum Gasteiger partial charge on any atom is -0.464 e. The van der Waals surface area contributed by atoms with Gasteiger partial charge in [-0.3, -0.25) is 0 Å².